The van der Waals surface area contributed by atoms with Crippen molar-refractivity contribution >= 4 is 15.7 Å². The molecule has 2 rings (SSSR count). The van der Waals surface area contributed by atoms with Crippen LogP contribution in [0.5, 0.6) is 0 Å². The average molecular weight is 306 g/mol. The van der Waals surface area contributed by atoms with Crippen molar-refractivity contribution in [2.75, 3.05) is 19.0 Å². The van der Waals surface area contributed by atoms with Gasteiger partial charge in [0.25, 0.3) is 0 Å². The second kappa shape index (κ2) is 6.71. The maximum absolute atomic E-state index is 11.6. The van der Waals surface area contributed by atoms with E-state index in [0.29, 0.717) is 0 Å². The lowest BCUT2D eigenvalue weighted by Crippen LogP contribution is -2.18. The van der Waals surface area contributed by atoms with Gasteiger partial charge in [-0.25, -0.2) is 13.1 Å². The molecule has 0 aliphatic rings. The minimum absolute atomic E-state index is 0.0550. The zero-order valence-corrected chi connectivity index (χ0v) is 12.5. The summed E-state index contributed by atoms with van der Waals surface area (Å²) in [5.74, 6) is 0. The van der Waals surface area contributed by atoms with Gasteiger partial charge >= 0.3 is 0 Å². The number of nitrogens with one attached hydrogen (secondary N) is 2. The second-order valence-electron chi connectivity index (χ2n) is 4.52. The van der Waals surface area contributed by atoms with Gasteiger partial charge in [0.15, 0.2) is 0 Å². The first-order chi connectivity index (χ1) is 10.1. The molecule has 2 aromatic carbocycles. The van der Waals surface area contributed by atoms with E-state index in [1.807, 2.05) is 30.3 Å². The number of aliphatic hydroxyl groups is 1. The van der Waals surface area contributed by atoms with E-state index < -0.39 is 10.0 Å². The third kappa shape index (κ3) is 3.81. The first-order valence-electron chi connectivity index (χ1n) is 6.53. The summed E-state index contributed by atoms with van der Waals surface area (Å²) in [6.45, 7) is -0.0550. The van der Waals surface area contributed by atoms with E-state index in [1.54, 1.807) is 12.1 Å². The van der Waals surface area contributed by atoms with Gasteiger partial charge in [0.2, 0.25) is 10.0 Å². The van der Waals surface area contributed by atoms with Crippen molar-refractivity contribution in [1.82, 2.24) is 4.72 Å². The van der Waals surface area contributed by atoms with E-state index >= 15 is 0 Å². The maximum atomic E-state index is 11.6. The maximum Gasteiger partial charge on any atom is 0.240 e. The number of sulfonamides is 1. The lowest BCUT2D eigenvalue weighted by Gasteiger charge is -2.18. The van der Waals surface area contributed by atoms with Crippen LogP contribution in [0.15, 0.2) is 59.5 Å². The van der Waals surface area contributed by atoms with Gasteiger partial charge in [-0.2, -0.15) is 0 Å². The van der Waals surface area contributed by atoms with Crippen molar-refractivity contribution in [1.29, 1.82) is 0 Å². The molecule has 0 amide bonds. The molecule has 21 heavy (non-hydrogen) atoms. The Balaban J connectivity index is 2.16. The molecule has 5 nitrogen and oxygen atoms in total. The highest BCUT2D eigenvalue weighted by Gasteiger charge is 2.12. The average Bonchev–Trinajstić information content (AvgIpc) is 2.54. The normalized spacial score (nSPS) is 12.9. The van der Waals surface area contributed by atoms with Crippen molar-refractivity contribution in [3.05, 3.63) is 60.2 Å². The van der Waals surface area contributed by atoms with Gasteiger partial charge in [-0.3, -0.25) is 0 Å². The fourth-order valence-corrected chi connectivity index (χ4v) is 2.70. The van der Waals surface area contributed by atoms with Gasteiger partial charge in [-0.05, 0) is 36.9 Å². The molecular formula is C15H18N2O3S. The molecule has 6 heteroatoms. The highest BCUT2D eigenvalue weighted by Crippen LogP contribution is 2.20. The van der Waals surface area contributed by atoms with Gasteiger partial charge < -0.3 is 10.4 Å². The Kier molecular flexibility index (Phi) is 4.95. The smallest absolute Gasteiger partial charge is 0.240 e. The molecule has 0 radical (unpaired) electrons. The Hall–Kier alpha value is -1.89. The Bertz CT molecular complexity index is 670. The quantitative estimate of drug-likeness (QED) is 0.759. The number of rotatable bonds is 6. The Labute approximate surface area is 124 Å². The molecule has 3 N–H and O–H groups in total. The Morgan fingerprint density at radius 3 is 2.19 bits per heavy atom. The molecule has 0 aliphatic carbocycles. The summed E-state index contributed by atoms with van der Waals surface area (Å²) in [4.78, 5) is 0.204. The predicted molar refractivity (Wildman–Crippen MR) is 82.6 cm³/mol. The third-order valence-electron chi connectivity index (χ3n) is 3.16. The highest BCUT2D eigenvalue weighted by molar-refractivity contribution is 7.89. The molecule has 0 aromatic heterocycles. The van der Waals surface area contributed by atoms with E-state index in [2.05, 4.69) is 10.0 Å². The molecular weight excluding hydrogens is 288 g/mol. The van der Waals surface area contributed by atoms with Crippen LogP contribution in [-0.4, -0.2) is 27.2 Å². The molecule has 2 aromatic rings. The van der Waals surface area contributed by atoms with Crippen LogP contribution in [0.25, 0.3) is 0 Å². The summed E-state index contributed by atoms with van der Waals surface area (Å²) in [7, 11) is -2.05. The molecule has 0 fully saturated rings. The Morgan fingerprint density at radius 2 is 1.67 bits per heavy atom. The lowest BCUT2D eigenvalue weighted by atomic mass is 10.1. The first kappa shape index (κ1) is 15.5. The minimum Gasteiger partial charge on any atom is -0.394 e. The van der Waals surface area contributed by atoms with Crippen LogP contribution in [0, 0.1) is 0 Å². The monoisotopic (exact) mass is 306 g/mol. The van der Waals surface area contributed by atoms with Gasteiger partial charge in [-0.1, -0.05) is 30.3 Å². The summed E-state index contributed by atoms with van der Waals surface area (Å²) in [6, 6.07) is 15.7. The van der Waals surface area contributed by atoms with Crippen LogP contribution in [0.3, 0.4) is 0 Å². The van der Waals surface area contributed by atoms with E-state index in [-0.39, 0.29) is 17.5 Å². The van der Waals surface area contributed by atoms with Gasteiger partial charge in [0.05, 0.1) is 17.5 Å². The number of benzene rings is 2. The number of hydrogen-bond donors (Lipinski definition) is 3. The Morgan fingerprint density at radius 1 is 1.05 bits per heavy atom. The van der Waals surface area contributed by atoms with Crippen molar-refractivity contribution in [3.63, 3.8) is 0 Å². The highest BCUT2D eigenvalue weighted by atomic mass is 32.2. The molecule has 0 saturated carbocycles. The number of aliphatic hydroxyl groups excluding tert-OH is 1. The van der Waals surface area contributed by atoms with Crippen LogP contribution in [0.1, 0.15) is 11.6 Å². The van der Waals surface area contributed by atoms with Crippen molar-refractivity contribution < 1.29 is 13.5 Å². The number of hydrogen-bond acceptors (Lipinski definition) is 4. The molecule has 0 bridgehead atoms. The minimum atomic E-state index is -3.43. The summed E-state index contributed by atoms with van der Waals surface area (Å²) < 4.78 is 25.5. The lowest BCUT2D eigenvalue weighted by molar-refractivity contribution is 0.276. The molecule has 112 valence electrons. The summed E-state index contributed by atoms with van der Waals surface area (Å²) in [5.41, 5.74) is 1.71. The number of anilines is 1. The molecule has 0 heterocycles. The van der Waals surface area contributed by atoms with E-state index in [9.17, 15) is 13.5 Å². The summed E-state index contributed by atoms with van der Waals surface area (Å²) in [6.07, 6.45) is 0. The fourth-order valence-electron chi connectivity index (χ4n) is 1.97. The largest absolute Gasteiger partial charge is 0.394 e. The van der Waals surface area contributed by atoms with Crippen LogP contribution in [0.4, 0.5) is 5.69 Å². The van der Waals surface area contributed by atoms with Gasteiger partial charge in [-0.15, -0.1) is 0 Å². The second-order valence-corrected chi connectivity index (χ2v) is 6.41. The molecule has 0 saturated heterocycles. The summed E-state index contributed by atoms with van der Waals surface area (Å²) >= 11 is 0. The van der Waals surface area contributed by atoms with E-state index in [0.717, 1.165) is 11.3 Å². The fraction of sp³-hybridized carbons (Fsp3) is 0.200. The van der Waals surface area contributed by atoms with Crippen LogP contribution in [-0.2, 0) is 10.0 Å². The van der Waals surface area contributed by atoms with Crippen LogP contribution in [0.2, 0.25) is 0 Å². The van der Waals surface area contributed by atoms with Gasteiger partial charge in [0.1, 0.15) is 0 Å². The SMILES string of the molecule is CNS(=O)(=O)c1ccc(NC(CO)c2ccccc2)cc1. The van der Waals surface area contributed by atoms with Crippen LogP contribution >= 0.6 is 0 Å². The van der Waals surface area contributed by atoms with Crippen LogP contribution < -0.4 is 10.0 Å². The van der Waals surface area contributed by atoms with E-state index in [1.165, 1.54) is 19.2 Å². The van der Waals surface area contributed by atoms with Crippen molar-refractivity contribution in [3.8, 4) is 0 Å². The standard InChI is InChI=1S/C15H18N2O3S/c1-16-21(19,20)14-9-7-13(8-10-14)17-15(11-18)12-5-3-2-4-6-12/h2-10,15-18H,11H2,1H3. The molecule has 0 aliphatic heterocycles. The van der Waals surface area contributed by atoms with Crippen molar-refractivity contribution in [2.45, 2.75) is 10.9 Å². The van der Waals surface area contributed by atoms with Gasteiger partial charge in [0, 0.05) is 5.69 Å². The zero-order chi connectivity index (χ0) is 15.3. The zero-order valence-electron chi connectivity index (χ0n) is 11.7. The topological polar surface area (TPSA) is 78.4 Å². The summed E-state index contributed by atoms with van der Waals surface area (Å²) in [5, 5.41) is 12.7. The van der Waals surface area contributed by atoms with Crippen molar-refractivity contribution in [2.24, 2.45) is 0 Å². The van der Waals surface area contributed by atoms with E-state index in [4.69, 9.17) is 0 Å². The molecule has 0 spiro atoms. The molecule has 1 unspecified atom stereocenters. The first-order valence-corrected chi connectivity index (χ1v) is 8.01. The third-order valence-corrected chi connectivity index (χ3v) is 4.59. The predicted octanol–water partition coefficient (Wildman–Crippen LogP) is 1.74. The molecule has 1 atom stereocenters.